The summed E-state index contributed by atoms with van der Waals surface area (Å²) in [5.74, 6) is 1.02. The molecule has 1 rings (SSSR count). The molecule has 0 bridgehead atoms. The van der Waals surface area contributed by atoms with Gasteiger partial charge in [-0.1, -0.05) is 13.3 Å². The zero-order chi connectivity index (χ0) is 10.6. The number of amides is 1. The molecule has 14 heavy (non-hydrogen) atoms. The molecular formula is C11H22N2O. The fourth-order valence-electron chi connectivity index (χ4n) is 2.04. The van der Waals surface area contributed by atoms with Crippen LogP contribution in [0.5, 0.6) is 0 Å². The molecule has 1 aliphatic rings. The van der Waals surface area contributed by atoms with Gasteiger partial charge in [-0.15, -0.1) is 0 Å². The molecule has 1 unspecified atom stereocenters. The largest absolute Gasteiger partial charge is 0.341 e. The summed E-state index contributed by atoms with van der Waals surface area (Å²) in [4.78, 5) is 13.6. The Balaban J connectivity index is 2.47. The fraction of sp³-hybridized carbons (Fsp3) is 0.909. The van der Waals surface area contributed by atoms with E-state index in [1.807, 2.05) is 11.8 Å². The fourth-order valence-corrected chi connectivity index (χ4v) is 2.04. The molecule has 1 fully saturated rings. The third-order valence-corrected chi connectivity index (χ3v) is 3.01. The Morgan fingerprint density at radius 1 is 1.57 bits per heavy atom. The normalized spacial score (nSPS) is 26.1. The van der Waals surface area contributed by atoms with Crippen LogP contribution in [0.2, 0.25) is 0 Å². The SMILES string of the molecule is CCC1CCC(=O)N(C[C@@H](C)N)CC1. The van der Waals surface area contributed by atoms with Crippen molar-refractivity contribution < 1.29 is 4.79 Å². The Bertz CT molecular complexity index is 192. The van der Waals surface area contributed by atoms with Gasteiger partial charge in [-0.2, -0.15) is 0 Å². The van der Waals surface area contributed by atoms with Crippen LogP contribution in [0.25, 0.3) is 0 Å². The van der Waals surface area contributed by atoms with Gasteiger partial charge in [0.1, 0.15) is 0 Å². The van der Waals surface area contributed by atoms with Crippen LogP contribution in [0.1, 0.15) is 39.5 Å². The number of hydrogen-bond acceptors (Lipinski definition) is 2. The zero-order valence-electron chi connectivity index (χ0n) is 9.33. The molecule has 1 amide bonds. The lowest BCUT2D eigenvalue weighted by atomic mass is 9.98. The van der Waals surface area contributed by atoms with Crippen LogP contribution in [0.15, 0.2) is 0 Å². The zero-order valence-corrected chi connectivity index (χ0v) is 9.33. The van der Waals surface area contributed by atoms with Crippen molar-refractivity contribution in [1.29, 1.82) is 0 Å². The Hall–Kier alpha value is -0.570. The number of nitrogens with zero attached hydrogens (tertiary/aromatic N) is 1. The standard InChI is InChI=1S/C11H22N2O/c1-3-10-4-5-11(14)13(7-6-10)8-9(2)12/h9-10H,3-8,12H2,1-2H3/t9-,10?/m1/s1. The molecule has 0 aromatic carbocycles. The van der Waals surface area contributed by atoms with E-state index in [4.69, 9.17) is 5.73 Å². The van der Waals surface area contributed by atoms with Crippen LogP contribution in [0.3, 0.4) is 0 Å². The van der Waals surface area contributed by atoms with Crippen molar-refractivity contribution in [1.82, 2.24) is 4.90 Å². The van der Waals surface area contributed by atoms with Crippen LogP contribution >= 0.6 is 0 Å². The molecule has 0 spiro atoms. The first-order chi connectivity index (χ1) is 6.63. The number of hydrogen-bond donors (Lipinski definition) is 1. The van der Waals surface area contributed by atoms with Crippen LogP contribution in [-0.4, -0.2) is 29.9 Å². The van der Waals surface area contributed by atoms with Crippen molar-refractivity contribution in [3.05, 3.63) is 0 Å². The Kier molecular flexibility index (Phi) is 4.39. The molecule has 2 atom stereocenters. The van der Waals surface area contributed by atoms with E-state index in [0.29, 0.717) is 12.3 Å². The predicted molar refractivity (Wildman–Crippen MR) is 57.9 cm³/mol. The lowest BCUT2D eigenvalue weighted by molar-refractivity contribution is -0.130. The third kappa shape index (κ3) is 3.29. The highest BCUT2D eigenvalue weighted by Crippen LogP contribution is 2.20. The minimum Gasteiger partial charge on any atom is -0.341 e. The highest BCUT2D eigenvalue weighted by Gasteiger charge is 2.21. The summed E-state index contributed by atoms with van der Waals surface area (Å²) in [5.41, 5.74) is 5.71. The van der Waals surface area contributed by atoms with Gasteiger partial charge in [0.05, 0.1) is 0 Å². The summed E-state index contributed by atoms with van der Waals surface area (Å²) in [7, 11) is 0. The van der Waals surface area contributed by atoms with E-state index in [1.165, 1.54) is 6.42 Å². The molecule has 0 aromatic rings. The Morgan fingerprint density at radius 2 is 2.29 bits per heavy atom. The smallest absolute Gasteiger partial charge is 0.222 e. The van der Waals surface area contributed by atoms with E-state index < -0.39 is 0 Å². The van der Waals surface area contributed by atoms with E-state index in [9.17, 15) is 4.79 Å². The summed E-state index contributed by atoms with van der Waals surface area (Å²) in [6, 6.07) is 0.0946. The van der Waals surface area contributed by atoms with Crippen molar-refractivity contribution >= 4 is 5.91 Å². The third-order valence-electron chi connectivity index (χ3n) is 3.01. The van der Waals surface area contributed by atoms with E-state index in [1.54, 1.807) is 0 Å². The maximum atomic E-state index is 11.7. The molecule has 1 saturated heterocycles. The summed E-state index contributed by atoms with van der Waals surface area (Å²) >= 11 is 0. The molecular weight excluding hydrogens is 176 g/mol. The molecule has 1 aliphatic heterocycles. The molecule has 0 radical (unpaired) electrons. The monoisotopic (exact) mass is 198 g/mol. The molecule has 3 heteroatoms. The number of likely N-dealkylation sites (tertiary alicyclic amines) is 1. The molecule has 82 valence electrons. The van der Waals surface area contributed by atoms with Gasteiger partial charge in [-0.25, -0.2) is 0 Å². The second-order valence-corrected chi connectivity index (χ2v) is 4.42. The van der Waals surface area contributed by atoms with Gasteiger partial charge in [-0.3, -0.25) is 4.79 Å². The van der Waals surface area contributed by atoms with Crippen LogP contribution in [-0.2, 0) is 4.79 Å². The number of nitrogens with two attached hydrogens (primary N) is 1. The highest BCUT2D eigenvalue weighted by molar-refractivity contribution is 5.76. The Morgan fingerprint density at radius 3 is 2.86 bits per heavy atom. The van der Waals surface area contributed by atoms with Crippen LogP contribution < -0.4 is 5.73 Å². The minimum atomic E-state index is 0.0946. The van der Waals surface area contributed by atoms with Gasteiger partial charge in [0.25, 0.3) is 0 Å². The average Bonchev–Trinajstić information content (AvgIpc) is 2.30. The van der Waals surface area contributed by atoms with E-state index >= 15 is 0 Å². The first-order valence-corrected chi connectivity index (χ1v) is 5.66. The highest BCUT2D eigenvalue weighted by atomic mass is 16.2. The number of rotatable bonds is 3. The first-order valence-electron chi connectivity index (χ1n) is 5.66. The van der Waals surface area contributed by atoms with Crippen LogP contribution in [0.4, 0.5) is 0 Å². The molecule has 3 nitrogen and oxygen atoms in total. The maximum Gasteiger partial charge on any atom is 0.222 e. The first kappa shape index (κ1) is 11.5. The summed E-state index contributed by atoms with van der Waals surface area (Å²) in [6.07, 6.45) is 4.12. The molecule has 0 aliphatic carbocycles. The number of carbonyl (C=O) groups is 1. The molecule has 0 aromatic heterocycles. The second kappa shape index (κ2) is 5.35. The second-order valence-electron chi connectivity index (χ2n) is 4.42. The van der Waals surface area contributed by atoms with Gasteiger partial charge in [0.15, 0.2) is 0 Å². The van der Waals surface area contributed by atoms with E-state index in [-0.39, 0.29) is 6.04 Å². The van der Waals surface area contributed by atoms with E-state index in [2.05, 4.69) is 6.92 Å². The lowest BCUT2D eigenvalue weighted by Crippen LogP contribution is -2.39. The average molecular weight is 198 g/mol. The summed E-state index contributed by atoms with van der Waals surface area (Å²) < 4.78 is 0. The van der Waals surface area contributed by atoms with Gasteiger partial charge in [-0.05, 0) is 25.7 Å². The number of carbonyl (C=O) groups excluding carboxylic acids is 1. The van der Waals surface area contributed by atoms with Gasteiger partial charge in [0.2, 0.25) is 5.91 Å². The molecule has 1 heterocycles. The predicted octanol–water partition coefficient (Wildman–Crippen LogP) is 1.37. The summed E-state index contributed by atoms with van der Waals surface area (Å²) in [6.45, 7) is 5.78. The topological polar surface area (TPSA) is 46.3 Å². The van der Waals surface area contributed by atoms with Crippen molar-refractivity contribution in [2.75, 3.05) is 13.1 Å². The van der Waals surface area contributed by atoms with E-state index in [0.717, 1.165) is 31.8 Å². The van der Waals surface area contributed by atoms with Crippen molar-refractivity contribution in [2.45, 2.75) is 45.6 Å². The van der Waals surface area contributed by atoms with Gasteiger partial charge < -0.3 is 10.6 Å². The van der Waals surface area contributed by atoms with Crippen molar-refractivity contribution in [2.24, 2.45) is 11.7 Å². The van der Waals surface area contributed by atoms with Crippen molar-refractivity contribution in [3.8, 4) is 0 Å². The van der Waals surface area contributed by atoms with Crippen LogP contribution in [0, 0.1) is 5.92 Å². The molecule has 2 N–H and O–H groups in total. The lowest BCUT2D eigenvalue weighted by Gasteiger charge is -2.22. The quantitative estimate of drug-likeness (QED) is 0.744. The minimum absolute atomic E-state index is 0.0946. The maximum absolute atomic E-state index is 11.7. The van der Waals surface area contributed by atoms with Crippen molar-refractivity contribution in [3.63, 3.8) is 0 Å². The van der Waals surface area contributed by atoms with Gasteiger partial charge in [0, 0.05) is 25.6 Å². The van der Waals surface area contributed by atoms with Gasteiger partial charge >= 0.3 is 0 Å². The Labute approximate surface area is 86.6 Å². The molecule has 0 saturated carbocycles. The summed E-state index contributed by atoms with van der Waals surface area (Å²) in [5, 5.41) is 0.